The minimum absolute atomic E-state index is 0.0983. The molecule has 1 amide bonds. The lowest BCUT2D eigenvalue weighted by Crippen LogP contribution is -2.53. The van der Waals surface area contributed by atoms with Crippen LogP contribution in [0.4, 0.5) is 0 Å². The van der Waals surface area contributed by atoms with Gasteiger partial charge in [-0.05, 0) is 37.1 Å². The Labute approximate surface area is 148 Å². The number of carboxylic acid groups (broad SMARTS) is 1. The lowest BCUT2D eigenvalue weighted by atomic mass is 9.86. The number of nitrogens with zero attached hydrogens (tertiary/aromatic N) is 1. The molecule has 0 radical (unpaired) electrons. The van der Waals surface area contributed by atoms with Gasteiger partial charge in [0.05, 0.1) is 12.0 Å². The molecule has 1 aromatic heterocycles. The van der Waals surface area contributed by atoms with Gasteiger partial charge in [0.2, 0.25) is 0 Å². The second-order valence-electron chi connectivity index (χ2n) is 6.00. The number of amides is 1. The van der Waals surface area contributed by atoms with Crippen molar-refractivity contribution >= 4 is 23.5 Å². The number of carbonyl (C=O) groups is 2. The molecular formula is C17H17ClN2O5. The highest BCUT2D eigenvalue weighted by atomic mass is 35.5. The van der Waals surface area contributed by atoms with Gasteiger partial charge in [0, 0.05) is 29.9 Å². The Kier molecular flexibility index (Phi) is 5.06. The van der Waals surface area contributed by atoms with Crippen molar-refractivity contribution in [3.05, 3.63) is 41.0 Å². The Morgan fingerprint density at radius 3 is 2.56 bits per heavy atom. The fraction of sp³-hybridized carbons (Fsp3) is 0.353. The molecule has 25 heavy (non-hydrogen) atoms. The number of benzene rings is 1. The van der Waals surface area contributed by atoms with E-state index < -0.39 is 17.4 Å². The maximum absolute atomic E-state index is 12.5. The average molecular weight is 365 g/mol. The van der Waals surface area contributed by atoms with Gasteiger partial charge < -0.3 is 19.7 Å². The van der Waals surface area contributed by atoms with Crippen LogP contribution in [0.15, 0.2) is 34.9 Å². The summed E-state index contributed by atoms with van der Waals surface area (Å²) in [6.45, 7) is 0.810. The molecule has 1 aliphatic rings. The van der Waals surface area contributed by atoms with E-state index in [-0.39, 0.29) is 12.1 Å². The molecule has 2 N–H and O–H groups in total. The summed E-state index contributed by atoms with van der Waals surface area (Å²) in [6.07, 6.45) is 0.712. The zero-order valence-electron chi connectivity index (χ0n) is 13.3. The number of hydrogen-bond acceptors (Lipinski definition) is 5. The highest BCUT2D eigenvalue weighted by Crippen LogP contribution is 2.26. The summed E-state index contributed by atoms with van der Waals surface area (Å²) < 4.78 is 10.5. The zero-order valence-corrected chi connectivity index (χ0v) is 14.1. The van der Waals surface area contributed by atoms with Gasteiger partial charge in [-0.15, -0.1) is 0 Å². The van der Waals surface area contributed by atoms with E-state index in [2.05, 4.69) is 10.5 Å². The first-order valence-electron chi connectivity index (χ1n) is 7.82. The van der Waals surface area contributed by atoms with Crippen LogP contribution in [0.1, 0.15) is 29.8 Å². The summed E-state index contributed by atoms with van der Waals surface area (Å²) in [5, 5.41) is 16.3. The maximum atomic E-state index is 12.5. The number of aliphatic carboxylic acids is 1. The number of halogens is 1. The van der Waals surface area contributed by atoms with Crippen molar-refractivity contribution < 1.29 is 24.0 Å². The summed E-state index contributed by atoms with van der Waals surface area (Å²) in [5.41, 5.74) is 0.00376. The van der Waals surface area contributed by atoms with Gasteiger partial charge in [0.15, 0.2) is 11.5 Å². The van der Waals surface area contributed by atoms with Crippen LogP contribution in [0.3, 0.4) is 0 Å². The molecule has 1 saturated heterocycles. The maximum Gasteiger partial charge on any atom is 0.305 e. The predicted octanol–water partition coefficient (Wildman–Crippen LogP) is 2.75. The first kappa shape index (κ1) is 17.4. The summed E-state index contributed by atoms with van der Waals surface area (Å²) in [4.78, 5) is 23.7. The largest absolute Gasteiger partial charge is 0.481 e. The van der Waals surface area contributed by atoms with Gasteiger partial charge in [-0.1, -0.05) is 16.8 Å². The summed E-state index contributed by atoms with van der Waals surface area (Å²) in [5.74, 6) is -1.00. The van der Waals surface area contributed by atoms with Gasteiger partial charge in [0.25, 0.3) is 5.91 Å². The average Bonchev–Trinajstić information content (AvgIpc) is 3.05. The van der Waals surface area contributed by atoms with E-state index in [4.69, 9.17) is 26.0 Å². The van der Waals surface area contributed by atoms with Crippen LogP contribution in [-0.2, 0) is 9.53 Å². The van der Waals surface area contributed by atoms with Gasteiger partial charge >= 0.3 is 5.97 Å². The molecule has 3 rings (SSSR count). The fourth-order valence-corrected chi connectivity index (χ4v) is 2.96. The molecule has 0 bridgehead atoms. The number of carbonyl (C=O) groups excluding carboxylic acids is 1. The first-order chi connectivity index (χ1) is 12.0. The van der Waals surface area contributed by atoms with E-state index in [0.29, 0.717) is 36.8 Å². The van der Waals surface area contributed by atoms with Crippen molar-refractivity contribution in [3.63, 3.8) is 0 Å². The summed E-state index contributed by atoms with van der Waals surface area (Å²) >= 11 is 5.85. The van der Waals surface area contributed by atoms with Crippen molar-refractivity contribution in [2.45, 2.75) is 24.8 Å². The van der Waals surface area contributed by atoms with Gasteiger partial charge in [-0.2, -0.15) is 0 Å². The second-order valence-corrected chi connectivity index (χ2v) is 6.44. The SMILES string of the molecule is O=C(O)CC1(NC(=O)c2cc(-c3ccc(Cl)cc3)on2)CCOCC1. The highest BCUT2D eigenvalue weighted by molar-refractivity contribution is 6.30. The van der Waals surface area contributed by atoms with Crippen molar-refractivity contribution in [3.8, 4) is 11.3 Å². The van der Waals surface area contributed by atoms with E-state index in [9.17, 15) is 9.59 Å². The molecule has 0 atom stereocenters. The van der Waals surface area contributed by atoms with Crippen molar-refractivity contribution in [2.24, 2.45) is 0 Å². The van der Waals surface area contributed by atoms with E-state index in [1.54, 1.807) is 24.3 Å². The lowest BCUT2D eigenvalue weighted by molar-refractivity contribution is -0.139. The lowest BCUT2D eigenvalue weighted by Gasteiger charge is -2.36. The molecule has 2 heterocycles. The normalized spacial score (nSPS) is 16.4. The predicted molar refractivity (Wildman–Crippen MR) is 89.5 cm³/mol. The Balaban J connectivity index is 1.76. The Hall–Kier alpha value is -2.38. The smallest absolute Gasteiger partial charge is 0.305 e. The van der Waals surface area contributed by atoms with Crippen LogP contribution in [0, 0.1) is 0 Å². The molecule has 0 saturated carbocycles. The zero-order chi connectivity index (χ0) is 17.9. The van der Waals surface area contributed by atoms with Crippen LogP contribution < -0.4 is 5.32 Å². The van der Waals surface area contributed by atoms with Crippen molar-refractivity contribution in [2.75, 3.05) is 13.2 Å². The molecule has 0 unspecified atom stereocenters. The third-order valence-electron chi connectivity index (χ3n) is 4.19. The molecule has 1 fully saturated rings. The van der Waals surface area contributed by atoms with Crippen LogP contribution in [-0.4, -0.2) is 40.9 Å². The van der Waals surface area contributed by atoms with E-state index in [1.165, 1.54) is 6.07 Å². The van der Waals surface area contributed by atoms with Crippen LogP contribution >= 0.6 is 11.6 Å². The van der Waals surface area contributed by atoms with Crippen molar-refractivity contribution in [1.82, 2.24) is 10.5 Å². The minimum atomic E-state index is -0.968. The summed E-state index contributed by atoms with van der Waals surface area (Å²) in [6, 6.07) is 8.46. The molecule has 8 heteroatoms. The molecule has 0 aliphatic carbocycles. The molecule has 7 nitrogen and oxygen atoms in total. The number of hydrogen-bond donors (Lipinski definition) is 2. The first-order valence-corrected chi connectivity index (χ1v) is 8.20. The third-order valence-corrected chi connectivity index (χ3v) is 4.44. The Bertz CT molecular complexity index is 766. The quantitative estimate of drug-likeness (QED) is 0.845. The van der Waals surface area contributed by atoms with E-state index in [1.807, 2.05) is 0 Å². The molecule has 0 spiro atoms. The van der Waals surface area contributed by atoms with Crippen LogP contribution in [0.25, 0.3) is 11.3 Å². The molecule has 2 aromatic rings. The van der Waals surface area contributed by atoms with E-state index >= 15 is 0 Å². The van der Waals surface area contributed by atoms with Gasteiger partial charge in [-0.25, -0.2) is 0 Å². The molecule has 1 aliphatic heterocycles. The number of aromatic nitrogens is 1. The van der Waals surface area contributed by atoms with Crippen molar-refractivity contribution in [1.29, 1.82) is 0 Å². The second kappa shape index (κ2) is 7.25. The minimum Gasteiger partial charge on any atom is -0.481 e. The standard InChI is InChI=1S/C17H17ClN2O5/c18-12-3-1-11(2-4-12)14-9-13(20-25-14)16(23)19-17(10-15(21)22)5-7-24-8-6-17/h1-4,9H,5-8,10H2,(H,19,23)(H,21,22). The third kappa shape index (κ3) is 4.18. The topological polar surface area (TPSA) is 102 Å². The molecular weight excluding hydrogens is 348 g/mol. The van der Waals surface area contributed by atoms with E-state index in [0.717, 1.165) is 5.56 Å². The number of nitrogens with one attached hydrogen (secondary N) is 1. The van der Waals surface area contributed by atoms with Gasteiger partial charge in [0.1, 0.15) is 0 Å². The number of rotatable bonds is 5. The fourth-order valence-electron chi connectivity index (χ4n) is 2.83. The molecule has 1 aromatic carbocycles. The monoisotopic (exact) mass is 364 g/mol. The molecule has 132 valence electrons. The Morgan fingerprint density at radius 2 is 1.92 bits per heavy atom. The number of ether oxygens (including phenoxy) is 1. The van der Waals surface area contributed by atoms with Crippen LogP contribution in [0.2, 0.25) is 5.02 Å². The number of carboxylic acids is 1. The summed E-state index contributed by atoms with van der Waals surface area (Å²) in [7, 11) is 0. The highest BCUT2D eigenvalue weighted by Gasteiger charge is 2.37. The van der Waals surface area contributed by atoms with Crippen LogP contribution in [0.5, 0.6) is 0 Å². The van der Waals surface area contributed by atoms with Gasteiger partial charge in [-0.3, -0.25) is 9.59 Å². The Morgan fingerprint density at radius 1 is 1.24 bits per heavy atom.